The predicted molar refractivity (Wildman–Crippen MR) is 83.7 cm³/mol. The van der Waals surface area contributed by atoms with E-state index < -0.39 is 0 Å². The molecule has 0 bridgehead atoms. The maximum atomic E-state index is 13.9. The number of benzene rings is 2. The lowest BCUT2D eigenvalue weighted by atomic mass is 9.87. The summed E-state index contributed by atoms with van der Waals surface area (Å²) in [5.41, 5.74) is 2.98. The standard InChI is InChI=1S/C17H17ClFNO/c1-21-13-6-7-14-11(9-13)3-2-4-16(14)20-17-8-5-12(18)10-15(17)19/h5-10,16,20H,2-4H2,1H3. The molecule has 1 aliphatic carbocycles. The fraction of sp³-hybridized carbons (Fsp3) is 0.294. The molecule has 1 aliphatic rings. The van der Waals surface area contributed by atoms with Gasteiger partial charge in [-0.25, -0.2) is 4.39 Å². The van der Waals surface area contributed by atoms with Crippen molar-refractivity contribution in [1.82, 2.24) is 0 Å². The van der Waals surface area contributed by atoms with E-state index in [0.717, 1.165) is 25.0 Å². The first-order valence-corrected chi connectivity index (χ1v) is 7.43. The molecule has 0 amide bonds. The quantitative estimate of drug-likeness (QED) is 0.863. The minimum atomic E-state index is -0.317. The zero-order chi connectivity index (χ0) is 14.8. The van der Waals surface area contributed by atoms with Crippen LogP contribution in [-0.4, -0.2) is 7.11 Å². The molecular formula is C17H17ClFNO. The van der Waals surface area contributed by atoms with Crippen LogP contribution >= 0.6 is 11.6 Å². The molecule has 1 N–H and O–H groups in total. The number of rotatable bonds is 3. The molecule has 2 nitrogen and oxygen atoms in total. The van der Waals surface area contributed by atoms with Gasteiger partial charge in [0.05, 0.1) is 18.8 Å². The second kappa shape index (κ2) is 5.94. The molecule has 0 spiro atoms. The summed E-state index contributed by atoms with van der Waals surface area (Å²) in [7, 11) is 1.67. The molecule has 1 atom stereocenters. The first kappa shape index (κ1) is 14.2. The molecule has 21 heavy (non-hydrogen) atoms. The van der Waals surface area contributed by atoms with Crippen LogP contribution in [0, 0.1) is 5.82 Å². The van der Waals surface area contributed by atoms with E-state index in [0.29, 0.717) is 10.7 Å². The van der Waals surface area contributed by atoms with Gasteiger partial charge < -0.3 is 10.1 Å². The molecule has 0 radical (unpaired) electrons. The van der Waals surface area contributed by atoms with Crippen LogP contribution < -0.4 is 10.1 Å². The van der Waals surface area contributed by atoms with E-state index in [1.165, 1.54) is 17.2 Å². The van der Waals surface area contributed by atoms with Gasteiger partial charge in [0.1, 0.15) is 11.6 Å². The van der Waals surface area contributed by atoms with Gasteiger partial charge in [0.25, 0.3) is 0 Å². The first-order valence-electron chi connectivity index (χ1n) is 7.06. The highest BCUT2D eigenvalue weighted by Crippen LogP contribution is 2.35. The van der Waals surface area contributed by atoms with Crippen LogP contribution in [0.1, 0.15) is 30.0 Å². The predicted octanol–water partition coefficient (Wildman–Crippen LogP) is 4.98. The van der Waals surface area contributed by atoms with Crippen molar-refractivity contribution in [2.45, 2.75) is 25.3 Å². The molecule has 4 heteroatoms. The Morgan fingerprint density at radius 1 is 1.24 bits per heavy atom. The minimum absolute atomic E-state index is 0.121. The third-order valence-electron chi connectivity index (χ3n) is 3.93. The molecule has 1 unspecified atom stereocenters. The van der Waals surface area contributed by atoms with Gasteiger partial charge in [0.15, 0.2) is 0 Å². The molecule has 0 aliphatic heterocycles. The average molecular weight is 306 g/mol. The summed E-state index contributed by atoms with van der Waals surface area (Å²) >= 11 is 5.79. The number of nitrogens with one attached hydrogen (secondary N) is 1. The Hall–Kier alpha value is -1.74. The van der Waals surface area contributed by atoms with Crippen molar-refractivity contribution < 1.29 is 9.13 Å². The normalized spacial score (nSPS) is 17.2. The highest BCUT2D eigenvalue weighted by molar-refractivity contribution is 6.30. The smallest absolute Gasteiger partial charge is 0.147 e. The van der Waals surface area contributed by atoms with E-state index >= 15 is 0 Å². The highest BCUT2D eigenvalue weighted by Gasteiger charge is 2.21. The Bertz CT molecular complexity index is 659. The van der Waals surface area contributed by atoms with E-state index in [2.05, 4.69) is 17.4 Å². The van der Waals surface area contributed by atoms with E-state index in [4.69, 9.17) is 16.3 Å². The van der Waals surface area contributed by atoms with E-state index in [1.807, 2.05) is 6.07 Å². The maximum Gasteiger partial charge on any atom is 0.147 e. The van der Waals surface area contributed by atoms with Gasteiger partial charge in [0.2, 0.25) is 0 Å². The molecule has 110 valence electrons. The summed E-state index contributed by atoms with van der Waals surface area (Å²) in [4.78, 5) is 0. The van der Waals surface area contributed by atoms with Crippen molar-refractivity contribution in [2.24, 2.45) is 0 Å². The molecule has 2 aromatic rings. The topological polar surface area (TPSA) is 21.3 Å². The first-order chi connectivity index (χ1) is 10.2. The van der Waals surface area contributed by atoms with Gasteiger partial charge >= 0.3 is 0 Å². The van der Waals surface area contributed by atoms with Crippen molar-refractivity contribution in [3.8, 4) is 5.75 Å². The van der Waals surface area contributed by atoms with Crippen molar-refractivity contribution in [3.05, 3.63) is 58.4 Å². The number of fused-ring (bicyclic) bond motifs is 1. The molecule has 0 heterocycles. The third-order valence-corrected chi connectivity index (χ3v) is 4.16. The van der Waals surface area contributed by atoms with Gasteiger partial charge in [-0.3, -0.25) is 0 Å². The van der Waals surface area contributed by atoms with Gasteiger partial charge in [-0.2, -0.15) is 0 Å². The van der Waals surface area contributed by atoms with Crippen LogP contribution in [-0.2, 0) is 6.42 Å². The maximum absolute atomic E-state index is 13.9. The summed E-state index contributed by atoms with van der Waals surface area (Å²) in [6.45, 7) is 0. The zero-order valence-corrected chi connectivity index (χ0v) is 12.6. The molecule has 2 aromatic carbocycles. The molecular weight excluding hydrogens is 289 g/mol. The molecule has 0 aromatic heterocycles. The zero-order valence-electron chi connectivity index (χ0n) is 11.8. The van der Waals surface area contributed by atoms with Gasteiger partial charge in [-0.1, -0.05) is 17.7 Å². The second-order valence-corrected chi connectivity index (χ2v) is 5.71. The van der Waals surface area contributed by atoms with Crippen LogP contribution in [0.3, 0.4) is 0 Å². The van der Waals surface area contributed by atoms with Crippen molar-refractivity contribution in [1.29, 1.82) is 0 Å². The number of aryl methyl sites for hydroxylation is 1. The Kier molecular flexibility index (Phi) is 4.02. The Balaban J connectivity index is 1.88. The Morgan fingerprint density at radius 2 is 2.10 bits per heavy atom. The van der Waals surface area contributed by atoms with E-state index in [1.54, 1.807) is 19.2 Å². The summed E-state index contributed by atoms with van der Waals surface area (Å²) < 4.78 is 19.2. The lowest BCUT2D eigenvalue weighted by Gasteiger charge is -2.27. The largest absolute Gasteiger partial charge is 0.497 e. The summed E-state index contributed by atoms with van der Waals surface area (Å²) in [6, 6.07) is 10.9. The van der Waals surface area contributed by atoms with Crippen LogP contribution in [0.5, 0.6) is 5.75 Å². The SMILES string of the molecule is COc1ccc2c(c1)CCCC2Nc1ccc(Cl)cc1F. The third kappa shape index (κ3) is 2.98. The minimum Gasteiger partial charge on any atom is -0.497 e. The fourth-order valence-electron chi connectivity index (χ4n) is 2.86. The molecule has 3 rings (SSSR count). The van der Waals surface area contributed by atoms with Crippen molar-refractivity contribution in [2.75, 3.05) is 12.4 Å². The number of hydrogen-bond acceptors (Lipinski definition) is 2. The molecule has 0 fully saturated rings. The number of ether oxygens (including phenoxy) is 1. The van der Waals surface area contributed by atoms with Crippen LogP contribution in [0.4, 0.5) is 10.1 Å². The van der Waals surface area contributed by atoms with E-state index in [-0.39, 0.29) is 11.9 Å². The summed E-state index contributed by atoms with van der Waals surface area (Å²) in [5.74, 6) is 0.551. The van der Waals surface area contributed by atoms with Gasteiger partial charge in [-0.15, -0.1) is 0 Å². The molecule has 0 saturated heterocycles. The lowest BCUT2D eigenvalue weighted by Crippen LogP contribution is -2.18. The Labute approximate surface area is 128 Å². The van der Waals surface area contributed by atoms with Crippen LogP contribution in [0.15, 0.2) is 36.4 Å². The highest BCUT2D eigenvalue weighted by atomic mass is 35.5. The summed E-state index contributed by atoms with van der Waals surface area (Å²) in [6.07, 6.45) is 3.10. The molecule has 0 saturated carbocycles. The van der Waals surface area contributed by atoms with Crippen LogP contribution in [0.2, 0.25) is 5.02 Å². The van der Waals surface area contributed by atoms with E-state index in [9.17, 15) is 4.39 Å². The monoisotopic (exact) mass is 305 g/mol. The van der Waals surface area contributed by atoms with Crippen LogP contribution in [0.25, 0.3) is 0 Å². The number of anilines is 1. The Morgan fingerprint density at radius 3 is 2.86 bits per heavy atom. The number of halogens is 2. The average Bonchev–Trinajstić information content (AvgIpc) is 2.49. The van der Waals surface area contributed by atoms with Crippen molar-refractivity contribution in [3.63, 3.8) is 0 Å². The number of methoxy groups -OCH3 is 1. The summed E-state index contributed by atoms with van der Waals surface area (Å²) in [5, 5.41) is 3.70. The second-order valence-electron chi connectivity index (χ2n) is 5.28. The van der Waals surface area contributed by atoms with Gasteiger partial charge in [0, 0.05) is 5.02 Å². The lowest BCUT2D eigenvalue weighted by molar-refractivity contribution is 0.413. The number of hydrogen-bond donors (Lipinski definition) is 1. The van der Waals surface area contributed by atoms with Gasteiger partial charge in [-0.05, 0) is 60.7 Å². The van der Waals surface area contributed by atoms with Crippen molar-refractivity contribution >= 4 is 17.3 Å². The fourth-order valence-corrected chi connectivity index (χ4v) is 3.02.